The summed E-state index contributed by atoms with van der Waals surface area (Å²) in [5.74, 6) is 1.47. The lowest BCUT2D eigenvalue weighted by Crippen LogP contribution is -2.56. The summed E-state index contributed by atoms with van der Waals surface area (Å²) in [6, 6.07) is 18.6. The lowest BCUT2D eigenvalue weighted by Gasteiger charge is -2.47. The first-order valence-electron chi connectivity index (χ1n) is 14.4. The van der Waals surface area contributed by atoms with Crippen LogP contribution in [-0.2, 0) is 17.9 Å². The number of furan rings is 1. The third-order valence-electron chi connectivity index (χ3n) is 8.49. The van der Waals surface area contributed by atoms with Crippen LogP contribution in [0.5, 0.6) is 5.75 Å². The number of carbonyl (C=O) groups excluding carboxylic acids is 1. The molecule has 9 nitrogen and oxygen atoms in total. The third-order valence-corrected chi connectivity index (χ3v) is 8.49. The van der Waals surface area contributed by atoms with Crippen LogP contribution in [0.1, 0.15) is 65.7 Å². The van der Waals surface area contributed by atoms with Gasteiger partial charge in [-0.2, -0.15) is 0 Å². The van der Waals surface area contributed by atoms with Crippen LogP contribution in [0.15, 0.2) is 65.1 Å². The van der Waals surface area contributed by atoms with Gasteiger partial charge in [0.15, 0.2) is 6.29 Å². The summed E-state index contributed by atoms with van der Waals surface area (Å²) in [5.41, 5.74) is 2.49. The molecule has 2 unspecified atom stereocenters. The molecule has 9 heteroatoms. The smallest absolute Gasteiger partial charge is 0.254 e. The molecule has 2 aliphatic rings. The fourth-order valence-electron chi connectivity index (χ4n) is 6.37. The Morgan fingerprint density at radius 1 is 1.02 bits per heavy atom. The molecular formula is C32H41N3O6. The number of rotatable bonds is 9. The third kappa shape index (κ3) is 6.34. The van der Waals surface area contributed by atoms with Gasteiger partial charge in [0.1, 0.15) is 23.9 Å². The molecule has 220 valence electrons. The van der Waals surface area contributed by atoms with Crippen LogP contribution in [0, 0.1) is 0 Å². The molecule has 0 bridgehead atoms. The van der Waals surface area contributed by atoms with Crippen LogP contribution >= 0.6 is 0 Å². The van der Waals surface area contributed by atoms with Gasteiger partial charge >= 0.3 is 0 Å². The largest absolute Gasteiger partial charge is 0.508 e. The van der Waals surface area contributed by atoms with Crippen molar-refractivity contribution in [2.75, 3.05) is 26.7 Å². The highest BCUT2D eigenvalue weighted by atomic mass is 16.6. The number of methoxy groups -OCH3 is 1. The molecule has 2 fully saturated rings. The van der Waals surface area contributed by atoms with E-state index in [-0.39, 0.29) is 42.4 Å². The highest BCUT2D eigenvalue weighted by Gasteiger charge is 2.37. The molecule has 3 aromatic rings. The Bertz CT molecular complexity index is 1330. The van der Waals surface area contributed by atoms with E-state index in [1.54, 1.807) is 17.0 Å². The van der Waals surface area contributed by atoms with E-state index in [0.29, 0.717) is 30.8 Å². The van der Waals surface area contributed by atoms with Crippen LogP contribution in [-0.4, -0.2) is 87.1 Å². The van der Waals surface area contributed by atoms with Gasteiger partial charge in [0.2, 0.25) is 0 Å². The van der Waals surface area contributed by atoms with E-state index in [2.05, 4.69) is 23.6 Å². The predicted molar refractivity (Wildman–Crippen MR) is 154 cm³/mol. The second kappa shape index (κ2) is 12.8. The van der Waals surface area contributed by atoms with Gasteiger partial charge < -0.3 is 29.4 Å². The summed E-state index contributed by atoms with van der Waals surface area (Å²) >= 11 is 0. The Hall–Kier alpha value is -3.21. The van der Waals surface area contributed by atoms with E-state index in [0.717, 1.165) is 36.4 Å². The van der Waals surface area contributed by atoms with E-state index >= 15 is 0 Å². The van der Waals surface area contributed by atoms with E-state index in [1.807, 2.05) is 48.5 Å². The maximum Gasteiger partial charge on any atom is 0.254 e. The van der Waals surface area contributed by atoms with E-state index in [4.69, 9.17) is 9.15 Å². The van der Waals surface area contributed by atoms with E-state index in [1.165, 1.54) is 7.11 Å². The predicted octanol–water partition coefficient (Wildman–Crippen LogP) is 3.73. The summed E-state index contributed by atoms with van der Waals surface area (Å²) in [6.45, 7) is 7.09. The molecule has 2 aliphatic heterocycles. The van der Waals surface area contributed by atoms with Crippen LogP contribution in [0.4, 0.5) is 0 Å². The summed E-state index contributed by atoms with van der Waals surface area (Å²) in [7, 11) is 1.45. The molecule has 5 atom stereocenters. The Morgan fingerprint density at radius 2 is 1.76 bits per heavy atom. The Balaban J connectivity index is 1.43. The highest BCUT2D eigenvalue weighted by Crippen LogP contribution is 2.36. The molecule has 2 aromatic carbocycles. The first-order chi connectivity index (χ1) is 19.8. The number of ether oxygens (including phenoxy) is 1. The number of likely N-dealkylation sites (tertiary alicyclic amines) is 1. The van der Waals surface area contributed by atoms with Gasteiger partial charge in [0, 0.05) is 44.4 Å². The van der Waals surface area contributed by atoms with Crippen molar-refractivity contribution < 1.29 is 29.3 Å². The van der Waals surface area contributed by atoms with Crippen molar-refractivity contribution in [3.8, 4) is 5.75 Å². The number of hydrogen-bond donors (Lipinski definition) is 3. The maximum atomic E-state index is 13.7. The number of aliphatic hydroxyl groups excluding tert-OH is 2. The number of phenols is 1. The lowest BCUT2D eigenvalue weighted by atomic mass is 9.92. The molecule has 5 rings (SSSR count). The molecule has 2 saturated heterocycles. The van der Waals surface area contributed by atoms with Crippen LogP contribution in [0.2, 0.25) is 0 Å². The summed E-state index contributed by atoms with van der Waals surface area (Å²) in [5, 5.41) is 30.1. The molecule has 3 heterocycles. The Kier molecular flexibility index (Phi) is 9.11. The number of piperazine rings is 1. The SMILES string of the molecule is COC(O)[C@@H]1CCCN1C(=O)c1cccc(C(c2cccc(O)c2)N2C[C@@H](C)N(Cc3ccc(CO)o3)C[C@@H]2C)c1. The molecule has 41 heavy (non-hydrogen) atoms. The minimum atomic E-state index is -1.01. The van der Waals surface area contributed by atoms with Gasteiger partial charge in [-0.25, -0.2) is 0 Å². The fourth-order valence-corrected chi connectivity index (χ4v) is 6.37. The zero-order valence-corrected chi connectivity index (χ0v) is 24.0. The van der Waals surface area contributed by atoms with Gasteiger partial charge in [-0.15, -0.1) is 0 Å². The van der Waals surface area contributed by atoms with Crippen LogP contribution in [0.3, 0.4) is 0 Å². The summed E-state index contributed by atoms with van der Waals surface area (Å²) in [4.78, 5) is 20.2. The maximum absolute atomic E-state index is 13.7. The molecule has 1 aromatic heterocycles. The van der Waals surface area contributed by atoms with Crippen molar-refractivity contribution in [3.63, 3.8) is 0 Å². The number of hydrogen-bond acceptors (Lipinski definition) is 8. The summed E-state index contributed by atoms with van der Waals surface area (Å²) < 4.78 is 10.9. The van der Waals surface area contributed by atoms with Gasteiger partial charge in [-0.3, -0.25) is 14.6 Å². The zero-order chi connectivity index (χ0) is 29.1. The normalized spacial score (nSPS) is 23.5. The van der Waals surface area contributed by atoms with Crippen LogP contribution in [0.25, 0.3) is 0 Å². The number of phenolic OH excluding ortho intramolecular Hbond substituents is 1. The number of amides is 1. The quantitative estimate of drug-likeness (QED) is 0.338. The second-order valence-corrected chi connectivity index (χ2v) is 11.3. The molecule has 3 N–H and O–H groups in total. The Labute approximate surface area is 241 Å². The summed E-state index contributed by atoms with van der Waals surface area (Å²) in [6.07, 6.45) is 0.506. The first kappa shape index (κ1) is 29.3. The van der Waals surface area contributed by atoms with Crippen molar-refractivity contribution in [1.82, 2.24) is 14.7 Å². The number of benzene rings is 2. The Morgan fingerprint density at radius 3 is 2.46 bits per heavy atom. The number of aliphatic hydroxyl groups is 2. The lowest BCUT2D eigenvalue weighted by molar-refractivity contribution is -0.111. The van der Waals surface area contributed by atoms with Crippen molar-refractivity contribution in [2.24, 2.45) is 0 Å². The van der Waals surface area contributed by atoms with E-state index in [9.17, 15) is 20.1 Å². The standard InChI is InChI=1S/C32H41N3O6/c1-21-18-35(22(2)17-33(21)19-27-12-13-28(20-36)41-27)30(24-8-5-10-26(37)16-24)23-7-4-9-25(15-23)31(38)34-14-6-11-29(34)32(39)40-3/h4-5,7-10,12-13,15-16,21-22,29-30,32,36-37,39H,6,11,14,17-20H2,1-3H3/t21-,22+,29+,30?,32?/m1/s1. The van der Waals surface area contributed by atoms with Gasteiger partial charge in [-0.1, -0.05) is 24.3 Å². The minimum absolute atomic E-state index is 0.113. The monoisotopic (exact) mass is 563 g/mol. The van der Waals surface area contributed by atoms with Gasteiger partial charge in [0.25, 0.3) is 5.91 Å². The van der Waals surface area contributed by atoms with E-state index < -0.39 is 6.29 Å². The minimum Gasteiger partial charge on any atom is -0.508 e. The zero-order valence-electron chi connectivity index (χ0n) is 24.0. The average Bonchev–Trinajstić information content (AvgIpc) is 3.65. The van der Waals surface area contributed by atoms with Crippen LogP contribution < -0.4 is 0 Å². The molecule has 1 amide bonds. The van der Waals surface area contributed by atoms with Crippen molar-refractivity contribution in [3.05, 3.63) is 88.9 Å². The number of nitrogens with zero attached hydrogens (tertiary/aromatic N) is 3. The molecule has 0 saturated carbocycles. The van der Waals surface area contributed by atoms with Gasteiger partial charge in [-0.05, 0) is 74.2 Å². The highest BCUT2D eigenvalue weighted by molar-refractivity contribution is 5.94. The number of aromatic hydroxyl groups is 1. The topological polar surface area (TPSA) is 110 Å². The fraction of sp³-hybridized carbons (Fsp3) is 0.469. The van der Waals surface area contributed by atoms with Crippen molar-refractivity contribution in [1.29, 1.82) is 0 Å². The number of carbonyl (C=O) groups is 1. The molecule has 0 aliphatic carbocycles. The van der Waals surface area contributed by atoms with Gasteiger partial charge in [0.05, 0.1) is 18.6 Å². The first-order valence-corrected chi connectivity index (χ1v) is 14.4. The second-order valence-electron chi connectivity index (χ2n) is 11.3. The molecule has 0 spiro atoms. The van der Waals surface area contributed by atoms with Crippen molar-refractivity contribution in [2.45, 2.75) is 70.3 Å². The molecule has 0 radical (unpaired) electrons. The molecular weight excluding hydrogens is 522 g/mol. The average molecular weight is 564 g/mol. The van der Waals surface area contributed by atoms with Crippen molar-refractivity contribution >= 4 is 5.91 Å².